The van der Waals surface area contributed by atoms with Crippen LogP contribution in [0.25, 0.3) is 10.9 Å². The van der Waals surface area contributed by atoms with Crippen LogP contribution in [0.4, 0.5) is 0 Å². The molecule has 1 aliphatic carbocycles. The molecule has 108 valence electrons. The number of hydrogen-bond acceptors (Lipinski definition) is 2. The van der Waals surface area contributed by atoms with Gasteiger partial charge in [-0.3, -0.25) is 9.69 Å². The van der Waals surface area contributed by atoms with Crippen molar-refractivity contribution in [1.29, 1.82) is 0 Å². The lowest BCUT2D eigenvalue weighted by Gasteiger charge is -2.68. The van der Waals surface area contributed by atoms with Crippen LogP contribution in [-0.2, 0) is 0 Å². The Hall–Kier alpha value is -1.81. The van der Waals surface area contributed by atoms with Gasteiger partial charge in [0.1, 0.15) is 0 Å². The summed E-state index contributed by atoms with van der Waals surface area (Å²) in [6.07, 6.45) is 5.65. The molecule has 4 nitrogen and oxygen atoms in total. The van der Waals surface area contributed by atoms with Crippen LogP contribution >= 0.6 is 0 Å². The van der Waals surface area contributed by atoms with Crippen molar-refractivity contribution < 1.29 is 4.79 Å². The molecule has 3 aliphatic rings. The van der Waals surface area contributed by atoms with E-state index in [4.69, 9.17) is 0 Å². The molecule has 1 aromatic heterocycles. The first-order valence-electron chi connectivity index (χ1n) is 7.91. The van der Waals surface area contributed by atoms with Crippen LogP contribution in [0.2, 0.25) is 0 Å². The molecule has 2 unspecified atom stereocenters. The smallest absolute Gasteiger partial charge is 0.254 e. The SMILES string of the molecule is O=C(c1ccc2[nH]ccc2c1)N1CCN2CCC23CCC13. The van der Waals surface area contributed by atoms with Gasteiger partial charge in [-0.2, -0.15) is 0 Å². The Morgan fingerprint density at radius 1 is 1.19 bits per heavy atom. The van der Waals surface area contributed by atoms with E-state index in [0.29, 0.717) is 11.6 Å². The van der Waals surface area contributed by atoms with Gasteiger partial charge in [-0.25, -0.2) is 0 Å². The Balaban J connectivity index is 1.48. The van der Waals surface area contributed by atoms with E-state index in [-0.39, 0.29) is 5.91 Å². The monoisotopic (exact) mass is 281 g/mol. The van der Waals surface area contributed by atoms with E-state index in [2.05, 4.69) is 14.8 Å². The fourth-order valence-corrected chi connectivity index (χ4v) is 4.58. The number of piperazine rings is 1. The van der Waals surface area contributed by atoms with E-state index in [0.717, 1.165) is 29.6 Å². The largest absolute Gasteiger partial charge is 0.361 e. The lowest BCUT2D eigenvalue weighted by atomic mass is 9.61. The quantitative estimate of drug-likeness (QED) is 0.870. The third kappa shape index (κ3) is 1.41. The van der Waals surface area contributed by atoms with Gasteiger partial charge in [0.05, 0.1) is 6.04 Å². The molecule has 1 saturated carbocycles. The third-order valence-electron chi connectivity index (χ3n) is 5.96. The molecule has 4 heteroatoms. The Morgan fingerprint density at radius 2 is 2.14 bits per heavy atom. The minimum Gasteiger partial charge on any atom is -0.361 e. The predicted octanol–water partition coefficient (Wildman–Crippen LogP) is 2.23. The van der Waals surface area contributed by atoms with Crippen LogP contribution in [0.3, 0.4) is 0 Å². The summed E-state index contributed by atoms with van der Waals surface area (Å²) in [5, 5.41) is 1.12. The number of nitrogens with one attached hydrogen (secondary N) is 1. The Morgan fingerprint density at radius 3 is 2.90 bits per heavy atom. The second-order valence-electron chi connectivity index (χ2n) is 6.67. The van der Waals surface area contributed by atoms with Crippen molar-refractivity contribution in [1.82, 2.24) is 14.8 Å². The predicted molar refractivity (Wildman–Crippen MR) is 81.3 cm³/mol. The van der Waals surface area contributed by atoms with Crippen molar-refractivity contribution >= 4 is 16.8 Å². The number of rotatable bonds is 1. The zero-order valence-electron chi connectivity index (χ0n) is 12.0. The number of fused-ring (bicyclic) bond motifs is 1. The molecule has 5 rings (SSSR count). The van der Waals surface area contributed by atoms with E-state index < -0.39 is 0 Å². The Bertz CT molecular complexity index is 732. The van der Waals surface area contributed by atoms with Crippen molar-refractivity contribution in [2.24, 2.45) is 0 Å². The van der Waals surface area contributed by atoms with Gasteiger partial charge in [0.25, 0.3) is 5.91 Å². The van der Waals surface area contributed by atoms with Crippen molar-refractivity contribution in [2.45, 2.75) is 30.8 Å². The van der Waals surface area contributed by atoms with Crippen molar-refractivity contribution in [2.75, 3.05) is 19.6 Å². The first kappa shape index (κ1) is 11.8. The summed E-state index contributed by atoms with van der Waals surface area (Å²) in [7, 11) is 0. The zero-order valence-corrected chi connectivity index (χ0v) is 12.0. The van der Waals surface area contributed by atoms with Crippen LogP contribution in [-0.4, -0.2) is 51.9 Å². The normalized spacial score (nSPS) is 31.2. The van der Waals surface area contributed by atoms with Crippen LogP contribution in [0.5, 0.6) is 0 Å². The first-order chi connectivity index (χ1) is 10.3. The Labute approximate surface area is 123 Å². The highest BCUT2D eigenvalue weighted by Crippen LogP contribution is 2.51. The molecule has 1 spiro atoms. The molecular formula is C17H19N3O. The first-order valence-corrected chi connectivity index (χ1v) is 7.91. The highest BCUT2D eigenvalue weighted by Gasteiger charge is 2.61. The molecule has 2 saturated heterocycles. The van der Waals surface area contributed by atoms with Crippen molar-refractivity contribution in [3.8, 4) is 0 Å². The summed E-state index contributed by atoms with van der Waals surface area (Å²) in [5.41, 5.74) is 2.28. The van der Waals surface area contributed by atoms with E-state index in [1.165, 1.54) is 25.8 Å². The fourth-order valence-electron chi connectivity index (χ4n) is 4.58. The molecule has 2 aromatic rings. The summed E-state index contributed by atoms with van der Waals surface area (Å²) in [6.45, 7) is 3.17. The van der Waals surface area contributed by atoms with Gasteiger partial charge < -0.3 is 9.88 Å². The number of aromatic nitrogens is 1. The highest BCUT2D eigenvalue weighted by atomic mass is 16.2. The van der Waals surface area contributed by atoms with Gasteiger partial charge in [-0.1, -0.05) is 0 Å². The van der Waals surface area contributed by atoms with E-state index in [1.807, 2.05) is 30.5 Å². The Kier molecular flexibility index (Phi) is 2.19. The lowest BCUT2D eigenvalue weighted by Crippen LogP contribution is -2.79. The standard InChI is InChI=1S/C17H19N3O/c21-16(13-1-2-14-12(11-13)4-7-18-14)20-10-9-19-8-6-17(19)5-3-15(17)20/h1-2,4,7,11,15,18H,3,5-6,8-10H2. The van der Waals surface area contributed by atoms with Crippen LogP contribution in [0.15, 0.2) is 30.5 Å². The number of carbonyl (C=O) groups excluding carboxylic acids is 1. The second kappa shape index (κ2) is 3.89. The number of amides is 1. The van der Waals surface area contributed by atoms with Gasteiger partial charge in [-0.15, -0.1) is 0 Å². The molecule has 1 aromatic carbocycles. The maximum Gasteiger partial charge on any atom is 0.254 e. The van der Waals surface area contributed by atoms with E-state index >= 15 is 0 Å². The second-order valence-corrected chi connectivity index (χ2v) is 6.67. The average molecular weight is 281 g/mol. The molecule has 3 fully saturated rings. The maximum atomic E-state index is 12.9. The number of benzene rings is 1. The van der Waals surface area contributed by atoms with E-state index in [9.17, 15) is 4.79 Å². The van der Waals surface area contributed by atoms with Gasteiger partial charge in [-0.05, 0) is 43.5 Å². The molecule has 1 amide bonds. The number of H-pyrrole nitrogens is 1. The molecule has 0 radical (unpaired) electrons. The fraction of sp³-hybridized carbons (Fsp3) is 0.471. The highest BCUT2D eigenvalue weighted by molar-refractivity contribution is 5.98. The summed E-state index contributed by atoms with van der Waals surface area (Å²) < 4.78 is 0. The van der Waals surface area contributed by atoms with Gasteiger partial charge in [0.2, 0.25) is 0 Å². The average Bonchev–Trinajstić information content (AvgIpc) is 2.89. The zero-order chi connectivity index (χ0) is 14.0. The summed E-state index contributed by atoms with van der Waals surface area (Å²) >= 11 is 0. The molecule has 2 atom stereocenters. The molecule has 2 aliphatic heterocycles. The van der Waals surface area contributed by atoms with Crippen molar-refractivity contribution in [3.05, 3.63) is 36.0 Å². The van der Waals surface area contributed by atoms with Gasteiger partial charge >= 0.3 is 0 Å². The minimum absolute atomic E-state index is 0.216. The van der Waals surface area contributed by atoms with Crippen LogP contribution in [0.1, 0.15) is 29.6 Å². The number of hydrogen-bond donors (Lipinski definition) is 1. The summed E-state index contributed by atoms with van der Waals surface area (Å²) in [6, 6.07) is 8.47. The lowest BCUT2D eigenvalue weighted by molar-refractivity contribution is -0.161. The van der Waals surface area contributed by atoms with Gasteiger partial charge in [0.15, 0.2) is 0 Å². The van der Waals surface area contributed by atoms with Crippen LogP contribution < -0.4 is 0 Å². The topological polar surface area (TPSA) is 39.3 Å². The number of nitrogens with zero attached hydrogens (tertiary/aromatic N) is 2. The number of carbonyl (C=O) groups is 1. The third-order valence-corrected chi connectivity index (χ3v) is 5.96. The molecule has 1 N–H and O–H groups in total. The number of aromatic amines is 1. The summed E-state index contributed by atoms with van der Waals surface area (Å²) in [4.78, 5) is 20.9. The minimum atomic E-state index is 0.216. The molecule has 3 heterocycles. The van der Waals surface area contributed by atoms with Crippen molar-refractivity contribution in [3.63, 3.8) is 0 Å². The summed E-state index contributed by atoms with van der Waals surface area (Å²) in [5.74, 6) is 0.216. The van der Waals surface area contributed by atoms with Crippen LogP contribution in [0, 0.1) is 0 Å². The van der Waals surface area contributed by atoms with Gasteiger partial charge in [0, 0.05) is 47.8 Å². The van der Waals surface area contributed by atoms with E-state index in [1.54, 1.807) is 0 Å². The molecule has 21 heavy (non-hydrogen) atoms. The molecule has 0 bridgehead atoms. The maximum absolute atomic E-state index is 12.9. The molecular weight excluding hydrogens is 262 g/mol.